The standard InChI is InChI=1S/C22H19N7O3S/c1-31-14-8-12-13(9-15(14)32-2)25-18-17(12)19(28-21(23)27-18)29-22-24-10-16(33-22)26-20(30)11-6-4-3-5-7-11/h3-10H,1-2H3,(H,26,30)(H4,23,24,25,27,28,29). The summed E-state index contributed by atoms with van der Waals surface area (Å²) < 4.78 is 10.8. The van der Waals surface area contributed by atoms with Gasteiger partial charge in [-0.25, -0.2) is 4.98 Å². The minimum Gasteiger partial charge on any atom is -0.493 e. The second-order valence-electron chi connectivity index (χ2n) is 7.01. The van der Waals surface area contributed by atoms with Crippen LogP contribution in [0.3, 0.4) is 0 Å². The molecule has 5 rings (SSSR count). The lowest BCUT2D eigenvalue weighted by atomic mass is 10.2. The van der Waals surface area contributed by atoms with Gasteiger partial charge in [-0.2, -0.15) is 9.97 Å². The van der Waals surface area contributed by atoms with Gasteiger partial charge in [-0.1, -0.05) is 29.5 Å². The molecule has 0 radical (unpaired) electrons. The van der Waals surface area contributed by atoms with E-state index in [9.17, 15) is 4.79 Å². The van der Waals surface area contributed by atoms with Gasteiger partial charge in [0.15, 0.2) is 16.6 Å². The fraction of sp³-hybridized carbons (Fsp3) is 0.0909. The topological polar surface area (TPSA) is 140 Å². The molecule has 166 valence electrons. The van der Waals surface area contributed by atoms with Crippen LogP contribution in [0.5, 0.6) is 11.5 Å². The summed E-state index contributed by atoms with van der Waals surface area (Å²) in [5, 5.41) is 8.73. The molecule has 0 spiro atoms. The number of hydrogen-bond donors (Lipinski definition) is 4. The molecule has 3 aromatic heterocycles. The van der Waals surface area contributed by atoms with E-state index in [1.165, 1.54) is 11.3 Å². The van der Waals surface area contributed by atoms with Gasteiger partial charge in [-0.05, 0) is 18.2 Å². The van der Waals surface area contributed by atoms with E-state index in [2.05, 4.69) is 30.6 Å². The maximum Gasteiger partial charge on any atom is 0.256 e. The van der Waals surface area contributed by atoms with Crippen molar-refractivity contribution in [2.45, 2.75) is 0 Å². The zero-order valence-corrected chi connectivity index (χ0v) is 18.5. The smallest absolute Gasteiger partial charge is 0.256 e. The molecule has 0 saturated carbocycles. The highest BCUT2D eigenvalue weighted by Crippen LogP contribution is 2.38. The highest BCUT2D eigenvalue weighted by molar-refractivity contribution is 7.19. The Morgan fingerprint density at radius 2 is 1.85 bits per heavy atom. The van der Waals surface area contributed by atoms with Gasteiger partial charge in [0.25, 0.3) is 5.91 Å². The molecule has 0 bridgehead atoms. The van der Waals surface area contributed by atoms with Crippen LogP contribution in [-0.2, 0) is 0 Å². The minimum atomic E-state index is -0.211. The first kappa shape index (κ1) is 20.5. The number of carbonyl (C=O) groups is 1. The quantitative estimate of drug-likeness (QED) is 0.295. The molecular formula is C22H19N7O3S. The van der Waals surface area contributed by atoms with Crippen molar-refractivity contribution in [2.75, 3.05) is 30.6 Å². The normalized spacial score (nSPS) is 11.0. The average molecular weight is 462 g/mol. The molecule has 5 N–H and O–H groups in total. The molecule has 2 aromatic carbocycles. The van der Waals surface area contributed by atoms with Gasteiger partial charge in [0.1, 0.15) is 16.5 Å². The Balaban J connectivity index is 1.49. The predicted molar refractivity (Wildman–Crippen MR) is 129 cm³/mol. The maximum atomic E-state index is 12.4. The summed E-state index contributed by atoms with van der Waals surface area (Å²) in [6, 6.07) is 12.7. The van der Waals surface area contributed by atoms with Crippen LogP contribution in [0.25, 0.3) is 21.9 Å². The number of nitrogens with zero attached hydrogens (tertiary/aromatic N) is 3. The van der Waals surface area contributed by atoms with Crippen molar-refractivity contribution in [3.8, 4) is 11.5 Å². The zero-order chi connectivity index (χ0) is 22.9. The summed E-state index contributed by atoms with van der Waals surface area (Å²) in [5.41, 5.74) is 7.86. The van der Waals surface area contributed by atoms with Crippen molar-refractivity contribution in [2.24, 2.45) is 0 Å². The highest BCUT2D eigenvalue weighted by atomic mass is 32.1. The van der Waals surface area contributed by atoms with Gasteiger partial charge in [-0.3, -0.25) is 4.79 Å². The Morgan fingerprint density at radius 1 is 1.09 bits per heavy atom. The lowest BCUT2D eigenvalue weighted by Crippen LogP contribution is -2.10. The third-order valence-corrected chi connectivity index (χ3v) is 5.80. The summed E-state index contributed by atoms with van der Waals surface area (Å²) in [6.07, 6.45) is 1.58. The van der Waals surface area contributed by atoms with E-state index < -0.39 is 0 Å². The lowest BCUT2D eigenvalue weighted by Gasteiger charge is -2.08. The van der Waals surface area contributed by atoms with Crippen molar-refractivity contribution >= 4 is 61.1 Å². The molecule has 11 heteroatoms. The number of rotatable bonds is 6. The third-order valence-electron chi connectivity index (χ3n) is 4.98. The number of fused-ring (bicyclic) bond motifs is 3. The summed E-state index contributed by atoms with van der Waals surface area (Å²) in [4.78, 5) is 28.7. The first-order valence-electron chi connectivity index (χ1n) is 9.86. The molecule has 0 aliphatic carbocycles. The van der Waals surface area contributed by atoms with Crippen LogP contribution < -0.4 is 25.8 Å². The fourth-order valence-electron chi connectivity index (χ4n) is 3.50. The second kappa shape index (κ2) is 8.28. The monoisotopic (exact) mass is 461 g/mol. The largest absolute Gasteiger partial charge is 0.493 e. The molecule has 0 aliphatic heterocycles. The molecule has 33 heavy (non-hydrogen) atoms. The van der Waals surface area contributed by atoms with Gasteiger partial charge in [-0.15, -0.1) is 0 Å². The first-order valence-corrected chi connectivity index (χ1v) is 10.7. The second-order valence-corrected chi connectivity index (χ2v) is 8.04. The Morgan fingerprint density at radius 3 is 2.61 bits per heavy atom. The van der Waals surface area contributed by atoms with Crippen LogP contribution in [0.15, 0.2) is 48.7 Å². The number of nitrogen functional groups attached to an aromatic ring is 1. The van der Waals surface area contributed by atoms with E-state index in [-0.39, 0.29) is 11.9 Å². The fourth-order valence-corrected chi connectivity index (χ4v) is 4.21. The van der Waals surface area contributed by atoms with Crippen molar-refractivity contribution in [1.29, 1.82) is 0 Å². The summed E-state index contributed by atoms with van der Waals surface area (Å²) in [5.74, 6) is 1.53. The van der Waals surface area contributed by atoms with Gasteiger partial charge in [0.05, 0.1) is 31.3 Å². The Bertz CT molecular complexity index is 1480. The van der Waals surface area contributed by atoms with E-state index in [1.807, 2.05) is 30.3 Å². The number of carbonyl (C=O) groups excluding carboxylic acids is 1. The molecule has 0 saturated heterocycles. The number of aromatic amines is 1. The number of hydrogen-bond acceptors (Lipinski definition) is 9. The van der Waals surface area contributed by atoms with Gasteiger partial charge >= 0.3 is 0 Å². The molecule has 0 unspecified atom stereocenters. The number of aromatic nitrogens is 4. The van der Waals surface area contributed by atoms with E-state index in [0.717, 1.165) is 16.3 Å². The van der Waals surface area contributed by atoms with Crippen molar-refractivity contribution in [1.82, 2.24) is 19.9 Å². The number of anilines is 4. The highest BCUT2D eigenvalue weighted by Gasteiger charge is 2.18. The number of H-pyrrole nitrogens is 1. The molecule has 0 atom stereocenters. The predicted octanol–water partition coefficient (Wildman–Crippen LogP) is 4.16. The third kappa shape index (κ3) is 3.85. The number of ether oxygens (including phenoxy) is 2. The molecular weight excluding hydrogens is 442 g/mol. The number of methoxy groups -OCH3 is 2. The summed E-state index contributed by atoms with van der Waals surface area (Å²) >= 11 is 1.28. The van der Waals surface area contributed by atoms with E-state index >= 15 is 0 Å². The van der Waals surface area contributed by atoms with Crippen LogP contribution in [0.4, 0.5) is 21.9 Å². The van der Waals surface area contributed by atoms with Crippen LogP contribution in [-0.4, -0.2) is 40.1 Å². The van der Waals surface area contributed by atoms with Crippen LogP contribution in [0, 0.1) is 0 Å². The van der Waals surface area contributed by atoms with E-state index in [1.54, 1.807) is 32.5 Å². The number of benzene rings is 2. The van der Waals surface area contributed by atoms with Crippen LogP contribution >= 0.6 is 11.3 Å². The molecule has 0 aliphatic rings. The minimum absolute atomic E-state index is 0.102. The average Bonchev–Trinajstić information content (AvgIpc) is 3.41. The number of amides is 1. The Labute approximate surface area is 191 Å². The maximum absolute atomic E-state index is 12.4. The van der Waals surface area contributed by atoms with Crippen molar-refractivity contribution in [3.63, 3.8) is 0 Å². The SMILES string of the molecule is COc1cc2[nH]c3nc(N)nc(Nc4ncc(NC(=O)c5ccccc5)s4)c3c2cc1OC. The summed E-state index contributed by atoms with van der Waals surface area (Å²) in [7, 11) is 3.15. The number of nitrogens with two attached hydrogens (primary N) is 1. The molecule has 3 heterocycles. The number of thiazole rings is 1. The zero-order valence-electron chi connectivity index (χ0n) is 17.7. The Kier molecular flexibility index (Phi) is 5.15. The van der Waals surface area contributed by atoms with Crippen LogP contribution in [0.1, 0.15) is 10.4 Å². The van der Waals surface area contributed by atoms with Crippen molar-refractivity contribution in [3.05, 3.63) is 54.2 Å². The molecule has 10 nitrogen and oxygen atoms in total. The van der Waals surface area contributed by atoms with Gasteiger partial charge < -0.3 is 30.8 Å². The molecule has 1 amide bonds. The summed E-state index contributed by atoms with van der Waals surface area (Å²) in [6.45, 7) is 0. The van der Waals surface area contributed by atoms with Gasteiger partial charge in [0, 0.05) is 17.0 Å². The lowest BCUT2D eigenvalue weighted by molar-refractivity contribution is 0.102. The van der Waals surface area contributed by atoms with E-state index in [4.69, 9.17) is 15.2 Å². The van der Waals surface area contributed by atoms with Crippen LogP contribution in [0.2, 0.25) is 0 Å². The van der Waals surface area contributed by atoms with Gasteiger partial charge in [0.2, 0.25) is 5.95 Å². The Hall–Kier alpha value is -4.38. The van der Waals surface area contributed by atoms with E-state index in [0.29, 0.717) is 38.7 Å². The molecule has 5 aromatic rings. The first-order chi connectivity index (χ1) is 16.1. The van der Waals surface area contributed by atoms with Crippen molar-refractivity contribution < 1.29 is 14.3 Å². The number of nitrogens with one attached hydrogen (secondary N) is 3. The molecule has 0 fully saturated rings.